The van der Waals surface area contributed by atoms with Gasteiger partial charge in [-0.15, -0.1) is 0 Å². The van der Waals surface area contributed by atoms with Gasteiger partial charge < -0.3 is 19.9 Å². The van der Waals surface area contributed by atoms with Gasteiger partial charge in [0, 0.05) is 51.4 Å². The Morgan fingerprint density at radius 3 is 2.50 bits per heavy atom. The number of aliphatic imine (C=N–C) groups is 1. The molecule has 0 bridgehead atoms. The van der Waals surface area contributed by atoms with Crippen LogP contribution in [0.15, 0.2) is 4.99 Å². The number of rotatable bonds is 6. The van der Waals surface area contributed by atoms with Crippen LogP contribution in [0.25, 0.3) is 0 Å². The number of hydrogen-bond acceptors (Lipinski definition) is 4. The summed E-state index contributed by atoms with van der Waals surface area (Å²) in [4.78, 5) is 24.1. The number of likely N-dealkylation sites (N-methyl/N-ethyl adjacent to an activating group) is 1. The van der Waals surface area contributed by atoms with Crippen LogP contribution in [-0.4, -0.2) is 97.7 Å². The fourth-order valence-corrected chi connectivity index (χ4v) is 3.73. The molecule has 3 rings (SSSR count). The largest absolute Gasteiger partial charge is 0.368 e. The third-order valence-corrected chi connectivity index (χ3v) is 5.75. The molecule has 26 heavy (non-hydrogen) atoms. The van der Waals surface area contributed by atoms with Crippen molar-refractivity contribution in [2.45, 2.75) is 57.7 Å². The Morgan fingerprint density at radius 1 is 1.23 bits per heavy atom. The van der Waals surface area contributed by atoms with E-state index in [0.717, 1.165) is 70.7 Å². The normalized spacial score (nSPS) is 25.7. The Labute approximate surface area is 157 Å². The molecule has 2 saturated heterocycles. The molecule has 3 fully saturated rings. The van der Waals surface area contributed by atoms with E-state index >= 15 is 0 Å². The molecule has 2 unspecified atom stereocenters. The van der Waals surface area contributed by atoms with Crippen LogP contribution in [0.2, 0.25) is 0 Å². The maximum atomic E-state index is 12.5. The molecule has 0 aromatic carbocycles. The van der Waals surface area contributed by atoms with E-state index in [9.17, 15) is 4.79 Å². The highest BCUT2D eigenvalue weighted by Crippen LogP contribution is 2.26. The van der Waals surface area contributed by atoms with E-state index < -0.39 is 0 Å². The van der Waals surface area contributed by atoms with Gasteiger partial charge in [-0.2, -0.15) is 0 Å². The lowest BCUT2D eigenvalue weighted by atomic mass is 10.2. The second-order valence-electron chi connectivity index (χ2n) is 7.75. The Morgan fingerprint density at radius 2 is 1.92 bits per heavy atom. The first-order chi connectivity index (χ1) is 12.6. The lowest BCUT2D eigenvalue weighted by Crippen LogP contribution is -2.55. The maximum absolute atomic E-state index is 12.5. The Bertz CT molecular complexity index is 494. The fraction of sp³-hybridized carbons (Fsp3) is 0.895. The number of nitrogens with one attached hydrogen (secondary N) is 1. The summed E-state index contributed by atoms with van der Waals surface area (Å²) >= 11 is 0. The summed E-state index contributed by atoms with van der Waals surface area (Å²) in [5.74, 6) is 1.15. The zero-order chi connectivity index (χ0) is 18.5. The Kier molecular flexibility index (Phi) is 6.75. The number of nitrogens with zero attached hydrogens (tertiary/aromatic N) is 4. The molecule has 2 heterocycles. The SMILES string of the molecule is CCNC(=NCC(C)N(C)C1CC1)N1CCN(C(=O)C2CCCO2)CC1. The van der Waals surface area contributed by atoms with Crippen LogP contribution >= 0.6 is 0 Å². The van der Waals surface area contributed by atoms with Crippen LogP contribution in [0.4, 0.5) is 0 Å². The molecule has 7 heteroatoms. The van der Waals surface area contributed by atoms with Crippen molar-refractivity contribution in [3.8, 4) is 0 Å². The van der Waals surface area contributed by atoms with Gasteiger partial charge in [-0.1, -0.05) is 0 Å². The van der Waals surface area contributed by atoms with E-state index in [1.807, 2.05) is 4.90 Å². The van der Waals surface area contributed by atoms with Gasteiger partial charge in [0.1, 0.15) is 6.10 Å². The standard InChI is InChI=1S/C19H35N5O2/c1-4-20-19(21-14-15(2)22(3)16-7-8-16)24-11-9-23(10-12-24)18(25)17-6-5-13-26-17/h15-17H,4-14H2,1-3H3,(H,20,21). The Hall–Kier alpha value is -1.34. The summed E-state index contributed by atoms with van der Waals surface area (Å²) in [5, 5.41) is 3.42. The van der Waals surface area contributed by atoms with Gasteiger partial charge in [-0.05, 0) is 46.6 Å². The summed E-state index contributed by atoms with van der Waals surface area (Å²) < 4.78 is 5.55. The average molecular weight is 366 g/mol. The summed E-state index contributed by atoms with van der Waals surface area (Å²) in [5.41, 5.74) is 0. The van der Waals surface area contributed by atoms with Gasteiger partial charge in [0.15, 0.2) is 5.96 Å². The van der Waals surface area contributed by atoms with E-state index in [2.05, 4.69) is 36.0 Å². The highest BCUT2D eigenvalue weighted by Gasteiger charge is 2.31. The van der Waals surface area contributed by atoms with E-state index in [4.69, 9.17) is 9.73 Å². The first-order valence-corrected chi connectivity index (χ1v) is 10.3. The zero-order valence-corrected chi connectivity index (χ0v) is 16.6. The molecule has 1 amide bonds. The number of guanidine groups is 1. The maximum Gasteiger partial charge on any atom is 0.251 e. The molecular formula is C19H35N5O2. The summed E-state index contributed by atoms with van der Waals surface area (Å²) in [6.45, 7) is 9.91. The summed E-state index contributed by atoms with van der Waals surface area (Å²) in [7, 11) is 2.21. The lowest BCUT2D eigenvalue weighted by molar-refractivity contribution is -0.142. The van der Waals surface area contributed by atoms with Crippen LogP contribution in [0.3, 0.4) is 0 Å². The highest BCUT2D eigenvalue weighted by molar-refractivity contribution is 5.82. The summed E-state index contributed by atoms with van der Waals surface area (Å²) in [6, 6.07) is 1.22. The number of amides is 1. The second-order valence-corrected chi connectivity index (χ2v) is 7.75. The van der Waals surface area contributed by atoms with Gasteiger partial charge >= 0.3 is 0 Å². The van der Waals surface area contributed by atoms with Crippen LogP contribution < -0.4 is 5.32 Å². The minimum Gasteiger partial charge on any atom is -0.368 e. The minimum absolute atomic E-state index is 0.170. The number of carbonyl (C=O) groups is 1. The molecule has 0 radical (unpaired) electrons. The van der Waals surface area contributed by atoms with E-state index in [0.29, 0.717) is 6.04 Å². The molecule has 3 aliphatic rings. The smallest absolute Gasteiger partial charge is 0.251 e. The quantitative estimate of drug-likeness (QED) is 0.556. The predicted molar refractivity (Wildman–Crippen MR) is 103 cm³/mol. The molecule has 0 aromatic heterocycles. The van der Waals surface area contributed by atoms with Crippen molar-refractivity contribution in [2.24, 2.45) is 4.99 Å². The van der Waals surface area contributed by atoms with Crippen molar-refractivity contribution in [1.29, 1.82) is 0 Å². The van der Waals surface area contributed by atoms with Crippen LogP contribution in [0, 0.1) is 0 Å². The van der Waals surface area contributed by atoms with E-state index in [1.54, 1.807) is 0 Å². The van der Waals surface area contributed by atoms with Crippen molar-refractivity contribution >= 4 is 11.9 Å². The van der Waals surface area contributed by atoms with Crippen molar-refractivity contribution < 1.29 is 9.53 Å². The molecule has 1 N–H and O–H groups in total. The van der Waals surface area contributed by atoms with Gasteiger partial charge in [0.25, 0.3) is 5.91 Å². The monoisotopic (exact) mass is 365 g/mol. The molecule has 1 aliphatic carbocycles. The Balaban J connectivity index is 1.50. The summed E-state index contributed by atoms with van der Waals surface area (Å²) in [6.07, 6.45) is 4.31. The fourth-order valence-electron chi connectivity index (χ4n) is 3.73. The predicted octanol–water partition coefficient (Wildman–Crippen LogP) is 0.758. The molecule has 0 spiro atoms. The van der Waals surface area contributed by atoms with Gasteiger partial charge in [0.05, 0.1) is 6.54 Å². The van der Waals surface area contributed by atoms with Gasteiger partial charge in [0.2, 0.25) is 0 Å². The van der Waals surface area contributed by atoms with Crippen molar-refractivity contribution in [2.75, 3.05) is 52.9 Å². The first-order valence-electron chi connectivity index (χ1n) is 10.3. The van der Waals surface area contributed by atoms with E-state index in [1.165, 1.54) is 12.8 Å². The van der Waals surface area contributed by atoms with Crippen molar-refractivity contribution in [3.05, 3.63) is 0 Å². The molecule has 0 aromatic rings. The molecular weight excluding hydrogens is 330 g/mol. The average Bonchev–Trinajstić information content (AvgIpc) is 3.37. The number of carbonyl (C=O) groups excluding carboxylic acids is 1. The van der Waals surface area contributed by atoms with Gasteiger partial charge in [-0.3, -0.25) is 14.7 Å². The van der Waals surface area contributed by atoms with E-state index in [-0.39, 0.29) is 12.0 Å². The molecule has 2 aliphatic heterocycles. The highest BCUT2D eigenvalue weighted by atomic mass is 16.5. The van der Waals surface area contributed by atoms with Crippen molar-refractivity contribution in [3.63, 3.8) is 0 Å². The molecule has 1 saturated carbocycles. The number of piperazine rings is 1. The van der Waals surface area contributed by atoms with Crippen molar-refractivity contribution in [1.82, 2.24) is 20.0 Å². The zero-order valence-electron chi connectivity index (χ0n) is 16.6. The topological polar surface area (TPSA) is 60.4 Å². The second kappa shape index (κ2) is 9.04. The number of hydrogen-bond donors (Lipinski definition) is 1. The first kappa shape index (κ1) is 19.4. The third kappa shape index (κ3) is 4.88. The van der Waals surface area contributed by atoms with Crippen LogP contribution in [0.5, 0.6) is 0 Å². The van der Waals surface area contributed by atoms with Crippen LogP contribution in [-0.2, 0) is 9.53 Å². The van der Waals surface area contributed by atoms with Crippen LogP contribution in [0.1, 0.15) is 39.5 Å². The molecule has 148 valence electrons. The molecule has 7 nitrogen and oxygen atoms in total. The number of ether oxygens (including phenoxy) is 1. The lowest BCUT2D eigenvalue weighted by Gasteiger charge is -2.37. The van der Waals surface area contributed by atoms with Gasteiger partial charge in [-0.25, -0.2) is 0 Å². The molecule has 2 atom stereocenters. The minimum atomic E-state index is -0.206. The third-order valence-electron chi connectivity index (χ3n) is 5.75.